The zero-order valence-electron chi connectivity index (χ0n) is 60.2. The predicted molar refractivity (Wildman–Crippen MR) is 406 cm³/mol. The van der Waals surface area contributed by atoms with Crippen LogP contribution in [0.1, 0.15) is 57.1 Å². The van der Waals surface area contributed by atoms with Gasteiger partial charge in [-0.15, -0.1) is 0 Å². The van der Waals surface area contributed by atoms with Crippen molar-refractivity contribution in [3.05, 3.63) is 59.7 Å². The molecule has 2 aromatic rings. The van der Waals surface area contributed by atoms with Crippen molar-refractivity contribution in [3.63, 3.8) is 0 Å². The third-order valence-electron chi connectivity index (χ3n) is 17.4. The number of nitrogens with two attached hydrogens (primary N) is 1. The number of nitrogens with one attached hydrogen (secondary N) is 13. The molecular formula is C65H89N15O27S6. The van der Waals surface area contributed by atoms with Crippen molar-refractivity contribution in [2.45, 2.75) is 168 Å². The van der Waals surface area contributed by atoms with Crippen LogP contribution in [0.5, 0.6) is 11.5 Å². The number of amides is 15. The van der Waals surface area contributed by atoms with E-state index in [1.165, 1.54) is 48.5 Å². The fourth-order valence-corrected chi connectivity index (χ4v) is 18.1. The van der Waals surface area contributed by atoms with Crippen LogP contribution in [0.2, 0.25) is 0 Å². The van der Waals surface area contributed by atoms with Gasteiger partial charge in [0.05, 0.1) is 25.7 Å². The summed E-state index contributed by atoms with van der Waals surface area (Å²) in [6.07, 6.45) is -15.4. The zero-order chi connectivity index (χ0) is 83.5. The Morgan fingerprint density at radius 3 is 1.61 bits per heavy atom. The molecule has 15 amide bonds. The van der Waals surface area contributed by atoms with Crippen molar-refractivity contribution >= 4 is 165 Å². The summed E-state index contributed by atoms with van der Waals surface area (Å²) in [5, 5.41) is 134. The van der Waals surface area contributed by atoms with Crippen molar-refractivity contribution in [2.24, 2.45) is 5.73 Å². The van der Waals surface area contributed by atoms with Crippen LogP contribution >= 0.6 is 64.8 Å². The summed E-state index contributed by atoms with van der Waals surface area (Å²) in [5.74, 6) is -26.5. The minimum absolute atomic E-state index is 0.0851. The first-order valence-electron chi connectivity index (χ1n) is 34.7. The highest BCUT2D eigenvalue weighted by Crippen LogP contribution is 2.29. The molecule has 4 aliphatic heterocycles. The number of phenolic OH excluding ortho intramolecular Hbond substituents is 2. The molecule has 18 atom stereocenters. The van der Waals surface area contributed by atoms with Crippen molar-refractivity contribution in [2.75, 3.05) is 54.2 Å². The second-order valence-corrected chi connectivity index (χ2v) is 33.8. The molecule has 622 valence electrons. The SMILES string of the molecule is C[C@@H]1NC(=O)[C@@H]2CCCN2C(=O)[C@H](CC(N)=O)NC(=O)[C@@H]2CSSC[C@H](NC(=O)[C@H](O)[C@@H](O)[C@H](O)[C@H](O)CO)C(=O)N[C@H]3CSSC[C@H](NC1=O)C(=O)N[C@@H]([C@@H](C)O)C(=O)NCC(=O)N[C@H](C(=O)N[C@@H](Cc1ccc(O)cc1)C(=O)O)CSSC[C@H](NC(=O)[C@H](Cc1ccc(O)cc1)NC(=O)[C@H](CCC(=O)O)NC3=O)C(=O)N2. The molecular weight excluding hydrogens is 1620 g/mol. The molecule has 0 aromatic heterocycles. The molecule has 4 saturated heterocycles. The van der Waals surface area contributed by atoms with Crippen LogP contribution in [-0.2, 0) is 94.3 Å². The zero-order valence-corrected chi connectivity index (χ0v) is 65.1. The molecule has 25 N–H and O–H groups in total. The lowest BCUT2D eigenvalue weighted by Gasteiger charge is -2.30. The Morgan fingerprint density at radius 2 is 1.06 bits per heavy atom. The summed E-state index contributed by atoms with van der Waals surface area (Å²) in [4.78, 5) is 244. The average Bonchev–Trinajstić information content (AvgIpc) is 1.71. The maximum atomic E-state index is 15.3. The van der Waals surface area contributed by atoms with Gasteiger partial charge in [0.1, 0.15) is 108 Å². The monoisotopic (exact) mass is 1700 g/mol. The maximum Gasteiger partial charge on any atom is 0.326 e. The highest BCUT2D eigenvalue weighted by molar-refractivity contribution is 8.77. The smallest absolute Gasteiger partial charge is 0.326 e. The van der Waals surface area contributed by atoms with Gasteiger partial charge in [0, 0.05) is 60.3 Å². The second-order valence-electron chi connectivity index (χ2n) is 26.1. The van der Waals surface area contributed by atoms with Crippen molar-refractivity contribution in [1.29, 1.82) is 0 Å². The number of primary amides is 1. The minimum Gasteiger partial charge on any atom is -0.508 e. The fraction of sp³-hybridized carbons (Fsp3) is 0.554. The van der Waals surface area contributed by atoms with Crippen LogP contribution < -0.4 is 74.9 Å². The maximum absolute atomic E-state index is 15.3. The number of aliphatic hydroxyl groups excluding tert-OH is 6. The molecule has 0 spiro atoms. The van der Waals surface area contributed by atoms with Gasteiger partial charge in [0.25, 0.3) is 5.91 Å². The van der Waals surface area contributed by atoms with E-state index in [0.29, 0.717) is 70.3 Å². The molecule has 0 radical (unpaired) electrons. The number of benzene rings is 2. The van der Waals surface area contributed by atoms with Crippen molar-refractivity contribution < 1.29 is 133 Å². The third-order valence-corrected chi connectivity index (χ3v) is 24.6. The van der Waals surface area contributed by atoms with E-state index < -0.39 is 289 Å². The lowest BCUT2D eigenvalue weighted by Crippen LogP contribution is -2.62. The Bertz CT molecular complexity index is 3790. The lowest BCUT2D eigenvalue weighted by atomic mass is 10.0. The quantitative estimate of drug-likeness (QED) is 0.0459. The summed E-state index contributed by atoms with van der Waals surface area (Å²) in [6, 6.07) is -14.2. The second kappa shape index (κ2) is 45.1. The molecule has 4 bridgehead atoms. The number of carbonyl (C=O) groups excluding carboxylic acids is 15. The van der Waals surface area contributed by atoms with Gasteiger partial charge >= 0.3 is 11.9 Å². The Labute approximate surface area is 667 Å². The van der Waals surface area contributed by atoms with E-state index in [9.17, 15) is 113 Å². The standard InChI is InChI=1S/C65H89N15O27S6/c1-27-52(93)74-42-26-113-110-22-38-56(97)70-33(13-14-47(88)89)53(94)71-34(16-29-5-9-31(83)10-6-29)54(95)75-40(24-109-108-21-37(69-46(87)19-67-62(103)48(28(2)82)79-60(42)101)55(96)73-36(65(106)107)17-30-7-11-32(84)12-8-30)58(99)77-39(57(98)72-35(18-45(66)86)64(105)80-15-3-4-43(80)61(102)68-27)23-111-112-25-41(59(100)76-38)78-63(104)51(92)50(91)49(90)44(85)20-81/h5-12,27-28,33-44,48-51,81-85,90-92H,3-4,13-26H2,1-2H3,(H2,66,86)(H,67,103)(H,68,102)(H,69,87)(H,70,97)(H,71,94)(H,72,98)(H,73,96)(H,74,93)(H,75,95)(H,76,100)(H,77,99)(H,78,104)(H,79,101)(H,88,89)(H,106,107)/t27-,28+,33-,34-,35-,36-,37-,38-,39-,40-,41-,42-,43-,44+,48-,49+,50-,51+/m0/s1. The van der Waals surface area contributed by atoms with Gasteiger partial charge in [-0.3, -0.25) is 76.7 Å². The molecule has 4 fully saturated rings. The molecule has 4 aliphatic rings. The van der Waals surface area contributed by atoms with Crippen LogP contribution in [0.3, 0.4) is 0 Å². The fourth-order valence-electron chi connectivity index (χ4n) is 11.1. The molecule has 42 nitrogen and oxygen atoms in total. The number of phenols is 2. The van der Waals surface area contributed by atoms with Crippen LogP contribution in [0.25, 0.3) is 0 Å². The Morgan fingerprint density at radius 1 is 0.566 bits per heavy atom. The van der Waals surface area contributed by atoms with E-state index >= 15 is 19.2 Å². The number of rotatable bonds is 19. The summed E-state index contributed by atoms with van der Waals surface area (Å²) in [5.41, 5.74) is 6.15. The van der Waals surface area contributed by atoms with E-state index in [0.717, 1.165) is 18.7 Å². The number of aromatic hydroxyl groups is 2. The molecule has 0 aliphatic carbocycles. The Balaban J connectivity index is 1.62. The molecule has 6 rings (SSSR count). The number of hydrogen-bond acceptors (Lipinski definition) is 31. The van der Waals surface area contributed by atoms with Crippen LogP contribution in [0.4, 0.5) is 0 Å². The first-order valence-corrected chi connectivity index (χ1v) is 42.2. The summed E-state index contributed by atoms with van der Waals surface area (Å²) in [7, 11) is 3.78. The number of carboxylic acids is 2. The highest BCUT2D eigenvalue weighted by atomic mass is 33.1. The number of nitrogens with zero attached hydrogens (tertiary/aromatic N) is 1. The number of hydrogen-bond donors (Lipinski definition) is 24. The predicted octanol–water partition coefficient (Wildman–Crippen LogP) is -9.35. The Kier molecular flexibility index (Phi) is 37.0. The summed E-state index contributed by atoms with van der Waals surface area (Å²) in [6.45, 7) is -0.275. The first-order chi connectivity index (χ1) is 53.4. The van der Waals surface area contributed by atoms with Crippen LogP contribution in [0, 0.1) is 0 Å². The van der Waals surface area contributed by atoms with Crippen molar-refractivity contribution in [1.82, 2.24) is 74.0 Å². The van der Waals surface area contributed by atoms with E-state index in [2.05, 4.69) is 69.1 Å². The normalized spacial score (nSPS) is 26.8. The van der Waals surface area contributed by atoms with Gasteiger partial charge in [-0.2, -0.15) is 0 Å². The van der Waals surface area contributed by atoms with E-state index in [-0.39, 0.29) is 36.4 Å². The first kappa shape index (κ1) is 92.8. The Hall–Kier alpha value is -9.11. The topological polar surface area (TPSA) is 678 Å². The average molecular weight is 1700 g/mol. The van der Waals surface area contributed by atoms with E-state index in [1.807, 2.05) is 0 Å². The van der Waals surface area contributed by atoms with Gasteiger partial charge < -0.3 is 131 Å². The van der Waals surface area contributed by atoms with Crippen LogP contribution in [-0.4, -0.2) is 320 Å². The molecule has 0 saturated carbocycles. The number of aliphatic carboxylic acids is 2. The van der Waals surface area contributed by atoms with E-state index in [1.54, 1.807) is 0 Å². The number of aliphatic hydroxyl groups is 6. The highest BCUT2D eigenvalue weighted by Gasteiger charge is 2.43. The van der Waals surface area contributed by atoms with Gasteiger partial charge in [-0.25, -0.2) is 4.79 Å². The minimum atomic E-state index is -2.73. The number of carboxylic acid groups (broad SMARTS) is 2. The molecule has 113 heavy (non-hydrogen) atoms. The summed E-state index contributed by atoms with van der Waals surface area (Å²) >= 11 is 0. The summed E-state index contributed by atoms with van der Waals surface area (Å²) < 4.78 is 0. The van der Waals surface area contributed by atoms with Crippen LogP contribution in [0.15, 0.2) is 48.5 Å². The van der Waals surface area contributed by atoms with Gasteiger partial charge in [0.2, 0.25) is 82.7 Å². The molecule has 48 heteroatoms. The van der Waals surface area contributed by atoms with Gasteiger partial charge in [0.15, 0.2) is 6.10 Å². The van der Waals surface area contributed by atoms with Crippen molar-refractivity contribution in [3.8, 4) is 11.5 Å². The molecule has 2 aromatic carbocycles. The third kappa shape index (κ3) is 29.0. The van der Waals surface area contributed by atoms with Gasteiger partial charge in [-0.1, -0.05) is 89.0 Å². The molecule has 0 unspecified atom stereocenters. The molecule has 4 heterocycles. The number of carbonyl (C=O) groups is 17. The van der Waals surface area contributed by atoms with Gasteiger partial charge in [-0.05, 0) is 68.5 Å². The number of fused-ring (bicyclic) bond motifs is 20. The lowest BCUT2D eigenvalue weighted by molar-refractivity contribution is -0.150. The van der Waals surface area contributed by atoms with E-state index in [4.69, 9.17) is 5.73 Å². The largest absolute Gasteiger partial charge is 0.508 e.